The highest BCUT2D eigenvalue weighted by molar-refractivity contribution is 6.30. The zero-order valence-corrected chi connectivity index (χ0v) is 10.2. The van der Waals surface area contributed by atoms with E-state index in [-0.39, 0.29) is 0 Å². The maximum Gasteiger partial charge on any atom is 0.439 e. The number of halogens is 1. The summed E-state index contributed by atoms with van der Waals surface area (Å²) in [5.41, 5.74) is -0.344. The van der Waals surface area contributed by atoms with E-state index in [1.165, 1.54) is 12.1 Å². The predicted molar refractivity (Wildman–Crippen MR) is 62.0 cm³/mol. The molecule has 1 rings (SSSR count). The largest absolute Gasteiger partial charge is 0.442 e. The minimum atomic E-state index is -0.824. The SMILES string of the molecule is CC(C)(C)OC(=O)N(O)c1ccc(Cl)cc1. The van der Waals surface area contributed by atoms with Gasteiger partial charge >= 0.3 is 6.09 Å². The van der Waals surface area contributed by atoms with Crippen LogP contribution in [0.5, 0.6) is 0 Å². The molecule has 0 heterocycles. The summed E-state index contributed by atoms with van der Waals surface area (Å²) in [5, 5.41) is 10.5. The second-order valence-corrected chi connectivity index (χ2v) is 4.70. The summed E-state index contributed by atoms with van der Waals surface area (Å²) >= 11 is 5.69. The lowest BCUT2D eigenvalue weighted by Crippen LogP contribution is -2.34. The van der Waals surface area contributed by atoms with Crippen LogP contribution in [-0.4, -0.2) is 16.9 Å². The zero-order valence-electron chi connectivity index (χ0n) is 9.40. The number of hydroxylamine groups is 1. The summed E-state index contributed by atoms with van der Waals surface area (Å²) in [6.45, 7) is 5.17. The van der Waals surface area contributed by atoms with Crippen LogP contribution in [0.2, 0.25) is 5.02 Å². The van der Waals surface area contributed by atoms with Gasteiger partial charge in [-0.1, -0.05) is 11.6 Å². The first-order chi connectivity index (χ1) is 7.29. The average molecular weight is 244 g/mol. The smallest absolute Gasteiger partial charge is 0.439 e. The fourth-order valence-electron chi connectivity index (χ4n) is 0.993. The summed E-state index contributed by atoms with van der Waals surface area (Å²) in [4.78, 5) is 11.5. The van der Waals surface area contributed by atoms with Gasteiger partial charge in [-0.3, -0.25) is 5.21 Å². The molecule has 4 nitrogen and oxygen atoms in total. The number of benzene rings is 1. The third kappa shape index (κ3) is 3.72. The zero-order chi connectivity index (χ0) is 12.3. The third-order valence-electron chi connectivity index (χ3n) is 1.64. The number of hydrogen-bond donors (Lipinski definition) is 1. The summed E-state index contributed by atoms with van der Waals surface area (Å²) in [6, 6.07) is 6.19. The van der Waals surface area contributed by atoms with Crippen LogP contribution >= 0.6 is 11.6 Å². The molecule has 0 aromatic heterocycles. The first kappa shape index (κ1) is 12.8. The fraction of sp³-hybridized carbons (Fsp3) is 0.364. The van der Waals surface area contributed by atoms with E-state index in [2.05, 4.69) is 0 Å². The van der Waals surface area contributed by atoms with Crippen molar-refractivity contribution in [2.45, 2.75) is 26.4 Å². The van der Waals surface area contributed by atoms with Crippen LogP contribution in [0.4, 0.5) is 10.5 Å². The average Bonchev–Trinajstić information content (AvgIpc) is 2.15. The van der Waals surface area contributed by atoms with E-state index in [0.717, 1.165) is 0 Å². The maximum absolute atomic E-state index is 11.5. The fourth-order valence-corrected chi connectivity index (χ4v) is 1.12. The second-order valence-electron chi connectivity index (χ2n) is 4.27. The Bertz CT molecular complexity index is 370. The molecule has 1 amide bonds. The summed E-state index contributed by atoms with van der Waals surface area (Å²) in [5.74, 6) is 0. The molecule has 0 radical (unpaired) electrons. The van der Waals surface area contributed by atoms with Crippen molar-refractivity contribution in [1.82, 2.24) is 0 Å². The van der Waals surface area contributed by atoms with Gasteiger partial charge in [0.25, 0.3) is 0 Å². The van der Waals surface area contributed by atoms with Crippen molar-refractivity contribution in [3.8, 4) is 0 Å². The Balaban J connectivity index is 2.74. The highest BCUT2D eigenvalue weighted by Gasteiger charge is 2.21. The van der Waals surface area contributed by atoms with Crippen LogP contribution in [0.1, 0.15) is 20.8 Å². The van der Waals surface area contributed by atoms with E-state index < -0.39 is 11.7 Å². The standard InChI is InChI=1S/C11H14ClNO3/c1-11(2,3)16-10(14)13(15)9-6-4-8(12)5-7-9/h4-7,15H,1-3H3. The Morgan fingerprint density at radius 1 is 1.31 bits per heavy atom. The van der Waals surface area contributed by atoms with Crippen LogP contribution in [0, 0.1) is 0 Å². The number of rotatable bonds is 1. The van der Waals surface area contributed by atoms with Crippen molar-refractivity contribution in [2.75, 3.05) is 5.06 Å². The van der Waals surface area contributed by atoms with Crippen LogP contribution in [0.25, 0.3) is 0 Å². The predicted octanol–water partition coefficient (Wildman–Crippen LogP) is 3.47. The van der Waals surface area contributed by atoms with Gasteiger partial charge < -0.3 is 4.74 Å². The summed E-state index contributed by atoms with van der Waals surface area (Å²) in [7, 11) is 0. The summed E-state index contributed by atoms with van der Waals surface area (Å²) in [6.07, 6.45) is -0.824. The molecule has 0 saturated heterocycles. The highest BCUT2D eigenvalue weighted by Crippen LogP contribution is 2.18. The number of carbonyl (C=O) groups excluding carboxylic acids is 1. The van der Waals surface area contributed by atoms with Gasteiger partial charge in [-0.15, -0.1) is 0 Å². The molecular weight excluding hydrogens is 230 g/mol. The molecule has 0 aliphatic rings. The van der Waals surface area contributed by atoms with Crippen LogP contribution < -0.4 is 5.06 Å². The van der Waals surface area contributed by atoms with Crippen LogP contribution in [0.3, 0.4) is 0 Å². The lowest BCUT2D eigenvalue weighted by atomic mass is 10.2. The molecule has 0 fully saturated rings. The Morgan fingerprint density at radius 2 is 1.81 bits per heavy atom. The van der Waals surface area contributed by atoms with Gasteiger partial charge in [0, 0.05) is 5.02 Å². The number of anilines is 1. The number of amides is 1. The van der Waals surface area contributed by atoms with E-state index in [1.807, 2.05) is 0 Å². The van der Waals surface area contributed by atoms with Crippen molar-refractivity contribution < 1.29 is 14.7 Å². The molecular formula is C11H14ClNO3. The Kier molecular flexibility index (Phi) is 3.78. The number of hydrogen-bond acceptors (Lipinski definition) is 3. The molecule has 1 N–H and O–H groups in total. The third-order valence-corrected chi connectivity index (χ3v) is 1.89. The Hall–Kier alpha value is -1.26. The second kappa shape index (κ2) is 4.72. The quantitative estimate of drug-likeness (QED) is 0.607. The van der Waals surface area contributed by atoms with Crippen molar-refractivity contribution >= 4 is 23.4 Å². The van der Waals surface area contributed by atoms with E-state index in [1.54, 1.807) is 32.9 Å². The molecule has 0 atom stereocenters. The van der Waals surface area contributed by atoms with Crippen molar-refractivity contribution in [1.29, 1.82) is 0 Å². The van der Waals surface area contributed by atoms with Gasteiger partial charge in [-0.25, -0.2) is 4.79 Å². The first-order valence-corrected chi connectivity index (χ1v) is 5.15. The van der Waals surface area contributed by atoms with E-state index >= 15 is 0 Å². The highest BCUT2D eigenvalue weighted by atomic mass is 35.5. The molecule has 1 aromatic rings. The van der Waals surface area contributed by atoms with Crippen molar-refractivity contribution in [3.05, 3.63) is 29.3 Å². The molecule has 0 saturated carbocycles. The molecule has 1 aromatic carbocycles. The minimum Gasteiger partial charge on any atom is -0.442 e. The number of nitrogens with zero attached hydrogens (tertiary/aromatic N) is 1. The molecule has 0 spiro atoms. The lowest BCUT2D eigenvalue weighted by molar-refractivity contribution is 0.0407. The number of ether oxygens (including phenoxy) is 1. The van der Waals surface area contributed by atoms with Gasteiger partial charge in [0.15, 0.2) is 0 Å². The first-order valence-electron chi connectivity index (χ1n) is 4.77. The van der Waals surface area contributed by atoms with E-state index in [9.17, 15) is 10.0 Å². The van der Waals surface area contributed by atoms with Crippen molar-refractivity contribution in [2.24, 2.45) is 0 Å². The molecule has 0 aliphatic carbocycles. The molecule has 88 valence electrons. The summed E-state index contributed by atoms with van der Waals surface area (Å²) < 4.78 is 4.99. The normalized spacial score (nSPS) is 11.1. The minimum absolute atomic E-state index is 0.304. The lowest BCUT2D eigenvalue weighted by Gasteiger charge is -2.23. The molecule has 16 heavy (non-hydrogen) atoms. The molecule has 0 bridgehead atoms. The topological polar surface area (TPSA) is 49.8 Å². The van der Waals surface area contributed by atoms with Crippen molar-refractivity contribution in [3.63, 3.8) is 0 Å². The molecule has 5 heteroatoms. The van der Waals surface area contributed by atoms with Gasteiger partial charge in [0.1, 0.15) is 5.60 Å². The molecule has 0 unspecified atom stereocenters. The Labute approximate surface area is 99.3 Å². The van der Waals surface area contributed by atoms with E-state index in [0.29, 0.717) is 15.8 Å². The Morgan fingerprint density at radius 3 is 2.25 bits per heavy atom. The van der Waals surface area contributed by atoms with Gasteiger partial charge in [-0.2, -0.15) is 5.06 Å². The molecule has 0 aliphatic heterocycles. The monoisotopic (exact) mass is 243 g/mol. The van der Waals surface area contributed by atoms with Gasteiger partial charge in [0.05, 0.1) is 5.69 Å². The van der Waals surface area contributed by atoms with Crippen LogP contribution in [0.15, 0.2) is 24.3 Å². The van der Waals surface area contributed by atoms with E-state index in [4.69, 9.17) is 16.3 Å². The van der Waals surface area contributed by atoms with Crippen LogP contribution in [-0.2, 0) is 4.74 Å². The maximum atomic E-state index is 11.5. The number of carbonyl (C=O) groups is 1. The van der Waals surface area contributed by atoms with Gasteiger partial charge in [-0.05, 0) is 45.0 Å². The van der Waals surface area contributed by atoms with Gasteiger partial charge in [0.2, 0.25) is 0 Å².